The number of ether oxygens (including phenoxy) is 1. The van der Waals surface area contributed by atoms with Crippen molar-refractivity contribution in [1.29, 1.82) is 0 Å². The highest BCUT2D eigenvalue weighted by Gasteiger charge is 2.28. The van der Waals surface area contributed by atoms with Gasteiger partial charge in [0, 0.05) is 25.5 Å². The lowest BCUT2D eigenvalue weighted by atomic mass is 10.0. The number of nitrogens with zero attached hydrogens (tertiary/aromatic N) is 2. The number of hydrogen-bond acceptors (Lipinski definition) is 4. The van der Waals surface area contributed by atoms with Crippen molar-refractivity contribution in [2.75, 3.05) is 13.1 Å². The fourth-order valence-electron chi connectivity index (χ4n) is 3.14. The van der Waals surface area contributed by atoms with E-state index < -0.39 is 12.0 Å². The number of aromatic nitrogens is 1. The summed E-state index contributed by atoms with van der Waals surface area (Å²) in [5, 5.41) is 9.59. The lowest BCUT2D eigenvalue weighted by Crippen LogP contribution is -2.46. The Bertz CT molecular complexity index is 711. The Morgan fingerprint density at radius 2 is 2.00 bits per heavy atom. The van der Waals surface area contributed by atoms with Crippen molar-refractivity contribution in [1.82, 2.24) is 9.88 Å². The van der Waals surface area contributed by atoms with Gasteiger partial charge in [-0.3, -0.25) is 14.7 Å². The summed E-state index contributed by atoms with van der Waals surface area (Å²) in [4.78, 5) is 17.8. The van der Waals surface area contributed by atoms with E-state index in [2.05, 4.69) is 4.98 Å². The van der Waals surface area contributed by atoms with Crippen LogP contribution in [0.15, 0.2) is 60.9 Å². The summed E-state index contributed by atoms with van der Waals surface area (Å²) in [7, 11) is 0. The van der Waals surface area contributed by atoms with Crippen LogP contribution in [0.4, 0.5) is 0 Å². The van der Waals surface area contributed by atoms with Crippen LogP contribution in [-0.2, 0) is 16.1 Å². The van der Waals surface area contributed by atoms with Crippen molar-refractivity contribution < 1.29 is 14.6 Å². The van der Waals surface area contributed by atoms with Crippen LogP contribution in [0.2, 0.25) is 0 Å². The average Bonchev–Trinajstić information content (AvgIpc) is 2.69. The van der Waals surface area contributed by atoms with Gasteiger partial charge in [0.05, 0.1) is 12.7 Å². The predicted octanol–water partition coefficient (Wildman–Crippen LogP) is 3.23. The largest absolute Gasteiger partial charge is 0.480 e. The van der Waals surface area contributed by atoms with Crippen LogP contribution in [0.1, 0.15) is 24.0 Å². The van der Waals surface area contributed by atoms with Gasteiger partial charge in [-0.2, -0.15) is 0 Å². The Balaban J connectivity index is 1.51. The highest BCUT2D eigenvalue weighted by atomic mass is 16.5. The molecule has 3 rings (SSSR count). The number of benzene rings is 1. The molecule has 0 spiro atoms. The van der Waals surface area contributed by atoms with Crippen molar-refractivity contribution in [3.63, 3.8) is 0 Å². The van der Waals surface area contributed by atoms with E-state index in [1.807, 2.05) is 59.6 Å². The SMILES string of the molecule is O=C(O)[C@@H](/C=C/c1ccccc1)N1CCC(OCc2cccnc2)CC1. The minimum Gasteiger partial charge on any atom is -0.480 e. The summed E-state index contributed by atoms with van der Waals surface area (Å²) in [5.41, 5.74) is 2.07. The second-order valence-corrected chi connectivity index (χ2v) is 6.46. The molecular weight excluding hydrogens is 328 g/mol. The number of carboxylic acids is 1. The molecule has 26 heavy (non-hydrogen) atoms. The van der Waals surface area contributed by atoms with Gasteiger partial charge in [-0.05, 0) is 30.0 Å². The zero-order valence-electron chi connectivity index (χ0n) is 14.7. The fraction of sp³-hybridized carbons (Fsp3) is 0.333. The van der Waals surface area contributed by atoms with Crippen molar-refractivity contribution in [3.8, 4) is 0 Å². The molecule has 0 radical (unpaired) electrons. The van der Waals surface area contributed by atoms with E-state index in [4.69, 9.17) is 4.74 Å². The molecule has 1 fully saturated rings. The van der Waals surface area contributed by atoms with E-state index in [0.29, 0.717) is 19.7 Å². The Labute approximate surface area is 153 Å². The van der Waals surface area contributed by atoms with E-state index in [1.54, 1.807) is 12.3 Å². The first kappa shape index (κ1) is 18.3. The number of carbonyl (C=O) groups is 1. The van der Waals surface area contributed by atoms with E-state index in [0.717, 1.165) is 24.0 Å². The zero-order valence-corrected chi connectivity index (χ0v) is 14.7. The first-order valence-corrected chi connectivity index (χ1v) is 8.93. The molecule has 1 aromatic heterocycles. The Morgan fingerprint density at radius 3 is 2.65 bits per heavy atom. The Hall–Kier alpha value is -2.50. The monoisotopic (exact) mass is 352 g/mol. The fourth-order valence-corrected chi connectivity index (χ4v) is 3.14. The average molecular weight is 352 g/mol. The van der Waals surface area contributed by atoms with Gasteiger partial charge in [-0.25, -0.2) is 0 Å². The highest BCUT2D eigenvalue weighted by Crippen LogP contribution is 2.19. The Morgan fingerprint density at radius 1 is 1.23 bits per heavy atom. The maximum Gasteiger partial charge on any atom is 0.324 e. The van der Waals surface area contributed by atoms with Gasteiger partial charge < -0.3 is 9.84 Å². The van der Waals surface area contributed by atoms with Gasteiger partial charge in [0.2, 0.25) is 0 Å². The molecule has 136 valence electrons. The molecule has 5 heteroatoms. The minimum atomic E-state index is -0.813. The minimum absolute atomic E-state index is 0.166. The highest BCUT2D eigenvalue weighted by molar-refractivity contribution is 5.77. The molecule has 1 N–H and O–H groups in total. The van der Waals surface area contributed by atoms with Crippen LogP contribution in [0.25, 0.3) is 6.08 Å². The van der Waals surface area contributed by atoms with Crippen LogP contribution >= 0.6 is 0 Å². The molecule has 0 amide bonds. The molecule has 0 saturated carbocycles. The molecular formula is C21H24N2O3. The summed E-state index contributed by atoms with van der Waals surface area (Å²) < 4.78 is 5.95. The predicted molar refractivity (Wildman–Crippen MR) is 101 cm³/mol. The molecule has 1 aliphatic rings. The molecule has 1 saturated heterocycles. The molecule has 1 atom stereocenters. The second-order valence-electron chi connectivity index (χ2n) is 6.46. The summed E-state index contributed by atoms with van der Waals surface area (Å²) >= 11 is 0. The number of carboxylic acid groups (broad SMARTS) is 1. The smallest absolute Gasteiger partial charge is 0.324 e. The first-order valence-electron chi connectivity index (χ1n) is 8.93. The van der Waals surface area contributed by atoms with Gasteiger partial charge in [0.15, 0.2) is 0 Å². The third-order valence-corrected chi connectivity index (χ3v) is 4.60. The van der Waals surface area contributed by atoms with Crippen LogP contribution in [0.3, 0.4) is 0 Å². The zero-order chi connectivity index (χ0) is 18.2. The molecule has 2 heterocycles. The van der Waals surface area contributed by atoms with Gasteiger partial charge in [0.1, 0.15) is 6.04 Å². The Kier molecular flexibility index (Phi) is 6.52. The van der Waals surface area contributed by atoms with Crippen molar-refractivity contribution in [3.05, 3.63) is 72.1 Å². The maximum atomic E-state index is 11.7. The second kappa shape index (κ2) is 9.27. The van der Waals surface area contributed by atoms with Gasteiger partial charge in [0.25, 0.3) is 0 Å². The van der Waals surface area contributed by atoms with Crippen LogP contribution in [-0.4, -0.2) is 46.2 Å². The number of rotatable bonds is 7. The van der Waals surface area contributed by atoms with Crippen molar-refractivity contribution in [2.24, 2.45) is 0 Å². The number of pyridine rings is 1. The van der Waals surface area contributed by atoms with Crippen LogP contribution < -0.4 is 0 Å². The molecule has 2 aromatic rings. The molecule has 5 nitrogen and oxygen atoms in total. The van der Waals surface area contributed by atoms with E-state index in [9.17, 15) is 9.90 Å². The summed E-state index contributed by atoms with van der Waals surface area (Å²) in [5.74, 6) is -0.813. The molecule has 0 unspecified atom stereocenters. The van der Waals surface area contributed by atoms with Gasteiger partial charge >= 0.3 is 5.97 Å². The van der Waals surface area contributed by atoms with Crippen molar-refractivity contribution in [2.45, 2.75) is 31.6 Å². The van der Waals surface area contributed by atoms with E-state index >= 15 is 0 Å². The van der Waals surface area contributed by atoms with Crippen LogP contribution in [0, 0.1) is 0 Å². The third-order valence-electron chi connectivity index (χ3n) is 4.60. The maximum absolute atomic E-state index is 11.7. The van der Waals surface area contributed by atoms with Crippen LogP contribution in [0.5, 0.6) is 0 Å². The first-order chi connectivity index (χ1) is 12.7. The number of likely N-dealkylation sites (tertiary alicyclic amines) is 1. The molecule has 0 aliphatic carbocycles. The lowest BCUT2D eigenvalue weighted by Gasteiger charge is -2.34. The summed E-state index contributed by atoms with van der Waals surface area (Å²) in [6.07, 6.45) is 9.05. The molecule has 0 bridgehead atoms. The third kappa shape index (κ3) is 5.25. The van der Waals surface area contributed by atoms with Gasteiger partial charge in [-0.1, -0.05) is 48.6 Å². The normalized spacial score (nSPS) is 17.4. The topological polar surface area (TPSA) is 62.7 Å². The molecule has 1 aliphatic heterocycles. The standard InChI is InChI=1S/C21H24N2O3/c24-21(25)20(9-8-17-5-2-1-3-6-17)23-13-10-19(11-14-23)26-16-18-7-4-12-22-15-18/h1-9,12,15,19-20H,10-11,13-14,16H2,(H,24,25)/b9-8+/t20-/m1/s1. The molecule has 1 aromatic carbocycles. The quantitative estimate of drug-likeness (QED) is 0.829. The lowest BCUT2D eigenvalue weighted by molar-refractivity contribution is -0.142. The van der Waals surface area contributed by atoms with E-state index in [1.165, 1.54) is 0 Å². The van der Waals surface area contributed by atoms with E-state index in [-0.39, 0.29) is 6.10 Å². The number of piperidine rings is 1. The summed E-state index contributed by atoms with van der Waals surface area (Å²) in [6.45, 7) is 1.98. The summed E-state index contributed by atoms with van der Waals surface area (Å²) in [6, 6.07) is 13.1. The van der Waals surface area contributed by atoms with Gasteiger partial charge in [-0.15, -0.1) is 0 Å². The van der Waals surface area contributed by atoms with Crippen molar-refractivity contribution >= 4 is 12.0 Å². The number of hydrogen-bond donors (Lipinski definition) is 1. The number of aliphatic carboxylic acids is 1.